The molecule has 2 aromatic carbocycles. The minimum absolute atomic E-state index is 0.0401. The number of hydrogen-bond acceptors (Lipinski definition) is 1. The predicted octanol–water partition coefficient (Wildman–Crippen LogP) is 6.47. The quantitative estimate of drug-likeness (QED) is 0.520. The fourth-order valence-corrected chi connectivity index (χ4v) is 3.36. The molecule has 0 saturated heterocycles. The van der Waals surface area contributed by atoms with Gasteiger partial charge in [0.25, 0.3) is 0 Å². The Morgan fingerprint density at radius 2 is 1.09 bits per heavy atom. The molecular formula is C19H20Br2O. The van der Waals surface area contributed by atoms with Gasteiger partial charge in [0.1, 0.15) is 5.78 Å². The van der Waals surface area contributed by atoms with E-state index in [1.54, 1.807) is 0 Å². The third kappa shape index (κ3) is 4.08. The van der Waals surface area contributed by atoms with Crippen LogP contribution in [0.1, 0.15) is 49.7 Å². The van der Waals surface area contributed by atoms with Gasteiger partial charge in [0.05, 0.1) is 0 Å². The van der Waals surface area contributed by atoms with Gasteiger partial charge in [-0.05, 0) is 48.2 Å². The lowest BCUT2D eigenvalue weighted by Gasteiger charge is -2.21. The Hall–Kier alpha value is -0.930. The minimum Gasteiger partial charge on any atom is -0.298 e. The maximum absolute atomic E-state index is 13.1. The van der Waals surface area contributed by atoms with E-state index in [2.05, 4.69) is 45.7 Å². The molecule has 0 amide bonds. The highest BCUT2D eigenvalue weighted by molar-refractivity contribution is 9.10. The summed E-state index contributed by atoms with van der Waals surface area (Å²) in [6, 6.07) is 16.2. The summed E-state index contributed by atoms with van der Waals surface area (Å²) >= 11 is 6.90. The molecule has 0 bridgehead atoms. The maximum atomic E-state index is 13.1. The second-order valence-corrected chi connectivity index (χ2v) is 7.26. The lowest BCUT2D eigenvalue weighted by Crippen LogP contribution is -2.20. The van der Waals surface area contributed by atoms with Crippen LogP contribution in [0.2, 0.25) is 0 Å². The smallest absolute Gasteiger partial charge is 0.147 e. The molecule has 0 aliphatic heterocycles. The van der Waals surface area contributed by atoms with Crippen molar-refractivity contribution in [2.24, 2.45) is 0 Å². The molecule has 2 aromatic rings. The van der Waals surface area contributed by atoms with Crippen LogP contribution in [0.15, 0.2) is 57.5 Å². The van der Waals surface area contributed by atoms with Crippen LogP contribution in [0.4, 0.5) is 0 Å². The molecular weight excluding hydrogens is 404 g/mol. The molecule has 22 heavy (non-hydrogen) atoms. The average molecular weight is 424 g/mol. The van der Waals surface area contributed by atoms with E-state index in [1.165, 1.54) is 0 Å². The third-order valence-corrected chi connectivity index (χ3v) is 5.11. The number of rotatable bonds is 6. The molecule has 0 spiro atoms. The fourth-order valence-electron chi connectivity index (χ4n) is 2.84. The lowest BCUT2D eigenvalue weighted by atomic mass is 9.81. The fraction of sp³-hybridized carbons (Fsp3) is 0.316. The average Bonchev–Trinajstić information content (AvgIpc) is 2.52. The maximum Gasteiger partial charge on any atom is 0.147 e. The van der Waals surface area contributed by atoms with Gasteiger partial charge < -0.3 is 0 Å². The molecule has 0 heterocycles. The second kappa shape index (κ2) is 8.07. The van der Waals surface area contributed by atoms with Crippen molar-refractivity contribution in [3.8, 4) is 0 Å². The van der Waals surface area contributed by atoms with E-state index in [9.17, 15) is 4.79 Å². The summed E-state index contributed by atoms with van der Waals surface area (Å²) < 4.78 is 2.08. The number of benzene rings is 2. The normalized spacial score (nSPS) is 13.6. The van der Waals surface area contributed by atoms with Crippen LogP contribution in [-0.4, -0.2) is 5.78 Å². The molecule has 116 valence electrons. The predicted molar refractivity (Wildman–Crippen MR) is 99.4 cm³/mol. The van der Waals surface area contributed by atoms with Gasteiger partial charge in [0.2, 0.25) is 0 Å². The lowest BCUT2D eigenvalue weighted by molar-refractivity contribution is -0.122. The van der Waals surface area contributed by atoms with Crippen molar-refractivity contribution in [1.82, 2.24) is 0 Å². The van der Waals surface area contributed by atoms with Crippen molar-refractivity contribution >= 4 is 37.6 Å². The Labute approximate surface area is 149 Å². The molecule has 1 nitrogen and oxygen atoms in total. The van der Waals surface area contributed by atoms with Gasteiger partial charge in [-0.25, -0.2) is 0 Å². The number of ketones is 1. The molecule has 0 aliphatic carbocycles. The first-order chi connectivity index (χ1) is 10.6. The number of halogens is 2. The van der Waals surface area contributed by atoms with E-state index < -0.39 is 0 Å². The first-order valence-electron chi connectivity index (χ1n) is 7.61. The molecule has 0 fully saturated rings. The van der Waals surface area contributed by atoms with Crippen LogP contribution < -0.4 is 0 Å². The van der Waals surface area contributed by atoms with E-state index in [0.717, 1.165) is 32.9 Å². The molecule has 2 unspecified atom stereocenters. The Morgan fingerprint density at radius 1 is 0.773 bits per heavy atom. The number of carbonyl (C=O) groups excluding carboxylic acids is 1. The summed E-state index contributed by atoms with van der Waals surface area (Å²) in [6.45, 7) is 4.16. The van der Waals surface area contributed by atoms with Crippen molar-refractivity contribution < 1.29 is 4.79 Å². The van der Waals surface area contributed by atoms with E-state index in [0.29, 0.717) is 5.78 Å². The number of Topliss-reactive ketones (excluding diaryl/α,β-unsaturated/α-hetero) is 1. The molecule has 0 aliphatic rings. The molecule has 0 saturated carbocycles. The molecule has 0 aromatic heterocycles. The summed E-state index contributed by atoms with van der Waals surface area (Å²) in [5.74, 6) is 0.234. The Bertz CT molecular complexity index is 561. The Balaban J connectivity index is 2.29. The highest BCUT2D eigenvalue weighted by Crippen LogP contribution is 2.32. The summed E-state index contributed by atoms with van der Waals surface area (Å²) in [4.78, 5) is 13.1. The Morgan fingerprint density at radius 3 is 1.36 bits per heavy atom. The third-order valence-electron chi connectivity index (χ3n) is 4.05. The summed E-state index contributed by atoms with van der Waals surface area (Å²) in [6.07, 6.45) is 1.65. The zero-order chi connectivity index (χ0) is 16.1. The highest BCUT2D eigenvalue weighted by atomic mass is 79.9. The van der Waals surface area contributed by atoms with Gasteiger partial charge >= 0.3 is 0 Å². The molecule has 2 atom stereocenters. The number of carbonyl (C=O) groups is 1. The SMILES string of the molecule is CCC(C(=O)C(CC)c1ccc(Br)cc1)c1ccc(Br)cc1. The van der Waals surface area contributed by atoms with Crippen LogP contribution in [-0.2, 0) is 4.79 Å². The number of hydrogen-bond donors (Lipinski definition) is 0. The largest absolute Gasteiger partial charge is 0.298 e. The Kier molecular flexibility index (Phi) is 6.39. The topological polar surface area (TPSA) is 17.1 Å². The van der Waals surface area contributed by atoms with Crippen molar-refractivity contribution in [3.05, 3.63) is 68.6 Å². The van der Waals surface area contributed by atoms with E-state index in [-0.39, 0.29) is 11.8 Å². The van der Waals surface area contributed by atoms with E-state index >= 15 is 0 Å². The van der Waals surface area contributed by atoms with E-state index in [4.69, 9.17) is 0 Å². The summed E-state index contributed by atoms with van der Waals surface area (Å²) in [7, 11) is 0. The van der Waals surface area contributed by atoms with Gasteiger partial charge in [-0.15, -0.1) is 0 Å². The minimum atomic E-state index is -0.0401. The standard InChI is InChI=1S/C19H20Br2O/c1-3-17(13-5-9-15(20)10-6-13)19(22)18(4-2)14-7-11-16(21)12-8-14/h5-12,17-18H,3-4H2,1-2H3. The monoisotopic (exact) mass is 422 g/mol. The van der Waals surface area contributed by atoms with Gasteiger partial charge in [-0.3, -0.25) is 4.79 Å². The van der Waals surface area contributed by atoms with Crippen LogP contribution in [0.3, 0.4) is 0 Å². The highest BCUT2D eigenvalue weighted by Gasteiger charge is 2.27. The summed E-state index contributed by atoms with van der Waals surface area (Å²) in [5.41, 5.74) is 2.21. The second-order valence-electron chi connectivity index (χ2n) is 5.43. The van der Waals surface area contributed by atoms with Crippen molar-refractivity contribution in [2.45, 2.75) is 38.5 Å². The van der Waals surface area contributed by atoms with Crippen LogP contribution >= 0.6 is 31.9 Å². The van der Waals surface area contributed by atoms with Crippen molar-refractivity contribution in [3.63, 3.8) is 0 Å². The van der Waals surface area contributed by atoms with Gasteiger partial charge in [-0.2, -0.15) is 0 Å². The first kappa shape index (κ1) is 17.4. The molecule has 0 N–H and O–H groups in total. The van der Waals surface area contributed by atoms with Crippen LogP contribution in [0.25, 0.3) is 0 Å². The van der Waals surface area contributed by atoms with Crippen molar-refractivity contribution in [2.75, 3.05) is 0 Å². The first-order valence-corrected chi connectivity index (χ1v) is 9.20. The zero-order valence-corrected chi connectivity index (χ0v) is 16.0. The van der Waals surface area contributed by atoms with Crippen LogP contribution in [0.5, 0.6) is 0 Å². The molecule has 3 heteroatoms. The van der Waals surface area contributed by atoms with E-state index in [1.807, 2.05) is 48.5 Å². The van der Waals surface area contributed by atoms with Crippen molar-refractivity contribution in [1.29, 1.82) is 0 Å². The molecule has 0 radical (unpaired) electrons. The summed E-state index contributed by atoms with van der Waals surface area (Å²) in [5, 5.41) is 0. The van der Waals surface area contributed by atoms with Gasteiger partial charge in [-0.1, -0.05) is 70.0 Å². The van der Waals surface area contributed by atoms with Crippen LogP contribution in [0, 0.1) is 0 Å². The molecule has 2 rings (SSSR count). The zero-order valence-electron chi connectivity index (χ0n) is 12.9. The van der Waals surface area contributed by atoms with Gasteiger partial charge in [0.15, 0.2) is 0 Å². The van der Waals surface area contributed by atoms with Gasteiger partial charge in [0, 0.05) is 20.8 Å².